The van der Waals surface area contributed by atoms with Crippen molar-refractivity contribution in [3.63, 3.8) is 0 Å². The highest BCUT2D eigenvalue weighted by molar-refractivity contribution is 8.13. The van der Waals surface area contributed by atoms with Gasteiger partial charge in [0.25, 0.3) is 15.0 Å². The summed E-state index contributed by atoms with van der Waals surface area (Å²) in [7, 11) is 1.48. The topological polar surface area (TPSA) is 91.9 Å². The molecule has 0 spiro atoms. The summed E-state index contributed by atoms with van der Waals surface area (Å²) >= 11 is 0. The molecule has 0 aliphatic heterocycles. The number of amides is 1. The van der Waals surface area contributed by atoms with Crippen molar-refractivity contribution in [1.29, 1.82) is 0 Å². The number of rotatable bonds is 4. The van der Waals surface area contributed by atoms with Gasteiger partial charge in [-0.1, -0.05) is 12.1 Å². The Morgan fingerprint density at radius 1 is 1.26 bits per heavy atom. The molecule has 1 aromatic carbocycles. The molecule has 0 aliphatic carbocycles. The number of halogens is 1. The van der Waals surface area contributed by atoms with Gasteiger partial charge in [0.1, 0.15) is 5.69 Å². The van der Waals surface area contributed by atoms with E-state index in [-0.39, 0.29) is 17.3 Å². The molecule has 0 fully saturated rings. The zero-order valence-electron chi connectivity index (χ0n) is 9.63. The van der Waals surface area contributed by atoms with Crippen LogP contribution in [0.15, 0.2) is 41.4 Å². The largest absolute Gasteiger partial charge is 0.347 e. The molecule has 0 radical (unpaired) electrons. The van der Waals surface area contributed by atoms with Crippen molar-refractivity contribution < 1.29 is 13.2 Å². The number of nitrogens with one attached hydrogen (secondary N) is 2. The van der Waals surface area contributed by atoms with Gasteiger partial charge in [0.2, 0.25) is 0 Å². The molecule has 100 valence electrons. The van der Waals surface area contributed by atoms with Crippen molar-refractivity contribution in [1.82, 2.24) is 15.5 Å². The van der Waals surface area contributed by atoms with E-state index < -0.39 is 9.05 Å². The van der Waals surface area contributed by atoms with E-state index >= 15 is 0 Å². The first kappa shape index (κ1) is 13.6. The second-order valence-corrected chi connectivity index (χ2v) is 6.30. The number of nitrogens with zero attached hydrogens (tertiary/aromatic N) is 1. The van der Waals surface area contributed by atoms with Crippen molar-refractivity contribution in [2.75, 3.05) is 0 Å². The van der Waals surface area contributed by atoms with Gasteiger partial charge in [0.05, 0.1) is 4.90 Å². The molecule has 0 unspecified atom stereocenters. The fourth-order valence-corrected chi connectivity index (χ4v) is 2.20. The first-order chi connectivity index (χ1) is 8.97. The quantitative estimate of drug-likeness (QED) is 0.832. The Bertz CT molecular complexity index is 666. The van der Waals surface area contributed by atoms with Crippen molar-refractivity contribution in [3.8, 4) is 0 Å². The van der Waals surface area contributed by atoms with Crippen LogP contribution in [0.4, 0.5) is 0 Å². The molecule has 19 heavy (non-hydrogen) atoms. The van der Waals surface area contributed by atoms with E-state index in [4.69, 9.17) is 10.7 Å². The summed E-state index contributed by atoms with van der Waals surface area (Å²) in [5.74, 6) is -0.286. The fourth-order valence-electron chi connectivity index (χ4n) is 1.43. The predicted octanol–water partition coefficient (Wildman–Crippen LogP) is 1.27. The average molecular weight is 300 g/mol. The Hall–Kier alpha value is -1.86. The molecule has 0 bridgehead atoms. The van der Waals surface area contributed by atoms with Crippen LogP contribution in [0.2, 0.25) is 0 Å². The number of hydrogen-bond donors (Lipinski definition) is 2. The van der Waals surface area contributed by atoms with E-state index in [1.165, 1.54) is 18.3 Å². The lowest BCUT2D eigenvalue weighted by Gasteiger charge is -2.04. The molecule has 2 aromatic rings. The van der Waals surface area contributed by atoms with Crippen LogP contribution >= 0.6 is 10.7 Å². The predicted molar refractivity (Wildman–Crippen MR) is 69.2 cm³/mol. The minimum atomic E-state index is -3.71. The lowest BCUT2D eigenvalue weighted by molar-refractivity contribution is 0.0946. The highest BCUT2D eigenvalue weighted by atomic mass is 35.7. The van der Waals surface area contributed by atoms with Crippen LogP contribution in [0.25, 0.3) is 0 Å². The molecule has 2 rings (SSSR count). The van der Waals surface area contributed by atoms with Crippen LogP contribution < -0.4 is 5.32 Å². The first-order valence-electron chi connectivity index (χ1n) is 5.28. The maximum Gasteiger partial charge on any atom is 0.269 e. The number of aromatic nitrogens is 2. The summed E-state index contributed by atoms with van der Waals surface area (Å²) in [5.41, 5.74) is 1.12. The third kappa shape index (κ3) is 3.55. The van der Waals surface area contributed by atoms with Crippen LogP contribution in [0.5, 0.6) is 0 Å². The number of aromatic amines is 1. The minimum absolute atomic E-state index is 0.0258. The third-order valence-corrected chi connectivity index (χ3v) is 3.77. The van der Waals surface area contributed by atoms with E-state index in [0.29, 0.717) is 5.69 Å². The molecule has 1 heterocycles. The lowest BCUT2D eigenvalue weighted by Crippen LogP contribution is -2.23. The zero-order chi connectivity index (χ0) is 13.9. The number of H-pyrrole nitrogens is 1. The molecule has 0 aliphatic rings. The Balaban J connectivity index is 1.99. The summed E-state index contributed by atoms with van der Waals surface area (Å²) in [4.78, 5) is 11.6. The molecule has 2 N–H and O–H groups in total. The van der Waals surface area contributed by atoms with Gasteiger partial charge in [-0.15, -0.1) is 0 Å². The van der Waals surface area contributed by atoms with Gasteiger partial charge >= 0.3 is 0 Å². The van der Waals surface area contributed by atoms with Crippen molar-refractivity contribution in [3.05, 3.63) is 47.8 Å². The van der Waals surface area contributed by atoms with Crippen molar-refractivity contribution in [2.24, 2.45) is 0 Å². The number of carbonyl (C=O) groups excluding carboxylic acids is 1. The van der Waals surface area contributed by atoms with Crippen LogP contribution in [-0.2, 0) is 15.6 Å². The Morgan fingerprint density at radius 3 is 2.47 bits per heavy atom. The van der Waals surface area contributed by atoms with Crippen LogP contribution in [0, 0.1) is 0 Å². The van der Waals surface area contributed by atoms with Gasteiger partial charge in [0, 0.05) is 23.4 Å². The Morgan fingerprint density at radius 2 is 1.95 bits per heavy atom. The second-order valence-electron chi connectivity index (χ2n) is 3.73. The lowest BCUT2D eigenvalue weighted by atomic mass is 10.2. The third-order valence-electron chi connectivity index (χ3n) is 2.40. The SMILES string of the molecule is O=C(NCc1ccc(S(=O)(=O)Cl)cc1)c1ccn[nH]1. The summed E-state index contributed by atoms with van der Waals surface area (Å²) in [6.07, 6.45) is 1.48. The van der Waals surface area contributed by atoms with Gasteiger partial charge in [-0.05, 0) is 23.8 Å². The molecule has 1 amide bonds. The standard InChI is InChI=1S/C11H10ClN3O3S/c12-19(17,18)9-3-1-8(2-4-9)7-13-11(16)10-5-6-14-15-10/h1-6H,7H2,(H,13,16)(H,14,15). The van der Waals surface area contributed by atoms with E-state index in [2.05, 4.69) is 15.5 Å². The van der Waals surface area contributed by atoms with Crippen LogP contribution in [-0.4, -0.2) is 24.5 Å². The first-order valence-corrected chi connectivity index (χ1v) is 7.59. The molecule has 0 saturated heterocycles. The number of benzene rings is 1. The highest BCUT2D eigenvalue weighted by Gasteiger charge is 2.10. The molecule has 1 aromatic heterocycles. The molecular formula is C11H10ClN3O3S. The second kappa shape index (κ2) is 5.41. The number of carbonyl (C=O) groups is 1. The van der Waals surface area contributed by atoms with E-state index in [9.17, 15) is 13.2 Å². The van der Waals surface area contributed by atoms with E-state index in [1.807, 2.05) is 0 Å². The van der Waals surface area contributed by atoms with E-state index in [1.54, 1.807) is 18.2 Å². The summed E-state index contributed by atoms with van der Waals surface area (Å²) in [6, 6.07) is 7.50. The number of hydrogen-bond acceptors (Lipinski definition) is 4. The smallest absolute Gasteiger partial charge is 0.269 e. The summed E-state index contributed by atoms with van der Waals surface area (Å²) in [6.45, 7) is 0.278. The van der Waals surface area contributed by atoms with Crippen molar-refractivity contribution >= 4 is 25.6 Å². The van der Waals surface area contributed by atoms with Gasteiger partial charge in [-0.25, -0.2) is 8.42 Å². The van der Waals surface area contributed by atoms with Gasteiger partial charge in [-0.2, -0.15) is 5.10 Å². The maximum atomic E-state index is 11.6. The molecule has 0 atom stereocenters. The van der Waals surface area contributed by atoms with Gasteiger partial charge < -0.3 is 5.32 Å². The monoisotopic (exact) mass is 299 g/mol. The van der Waals surface area contributed by atoms with Gasteiger partial charge in [0.15, 0.2) is 0 Å². The molecule has 0 saturated carbocycles. The molecular weight excluding hydrogens is 290 g/mol. The van der Waals surface area contributed by atoms with Crippen LogP contribution in [0.1, 0.15) is 16.1 Å². The molecule has 8 heteroatoms. The Kier molecular flexibility index (Phi) is 3.87. The summed E-state index contributed by atoms with van der Waals surface area (Å²) < 4.78 is 22.1. The van der Waals surface area contributed by atoms with Gasteiger partial charge in [-0.3, -0.25) is 9.89 Å². The normalized spacial score (nSPS) is 11.2. The highest BCUT2D eigenvalue weighted by Crippen LogP contribution is 2.15. The molecule has 6 nitrogen and oxygen atoms in total. The maximum absolute atomic E-state index is 11.6. The minimum Gasteiger partial charge on any atom is -0.347 e. The van der Waals surface area contributed by atoms with E-state index in [0.717, 1.165) is 5.56 Å². The van der Waals surface area contributed by atoms with Crippen molar-refractivity contribution in [2.45, 2.75) is 11.4 Å². The summed E-state index contributed by atoms with van der Waals surface area (Å²) in [5, 5.41) is 8.88. The Labute approximate surface area is 114 Å². The fraction of sp³-hybridized carbons (Fsp3) is 0.0909. The zero-order valence-corrected chi connectivity index (χ0v) is 11.2. The van der Waals surface area contributed by atoms with Crippen LogP contribution in [0.3, 0.4) is 0 Å². The average Bonchev–Trinajstić information content (AvgIpc) is 2.89.